The summed E-state index contributed by atoms with van der Waals surface area (Å²) in [6, 6.07) is 15.4. The van der Waals surface area contributed by atoms with E-state index in [0.717, 1.165) is 41.0 Å². The third-order valence-corrected chi connectivity index (χ3v) is 6.35. The summed E-state index contributed by atoms with van der Waals surface area (Å²) in [5.41, 5.74) is 2.76. The van der Waals surface area contributed by atoms with E-state index in [9.17, 15) is 4.79 Å². The summed E-state index contributed by atoms with van der Waals surface area (Å²) in [6.07, 6.45) is 3.85. The minimum atomic E-state index is -0.180. The molecular weight excluding hydrogens is 412 g/mol. The fourth-order valence-corrected chi connectivity index (χ4v) is 4.61. The fourth-order valence-electron chi connectivity index (χ4n) is 3.69. The molecule has 0 saturated carbocycles. The van der Waals surface area contributed by atoms with E-state index in [4.69, 9.17) is 9.47 Å². The van der Waals surface area contributed by atoms with Crippen molar-refractivity contribution < 1.29 is 9.47 Å². The van der Waals surface area contributed by atoms with Crippen LogP contribution in [0.3, 0.4) is 0 Å². The quantitative estimate of drug-likeness (QED) is 0.464. The Kier molecular flexibility index (Phi) is 5.40. The van der Waals surface area contributed by atoms with Gasteiger partial charge in [0.1, 0.15) is 5.75 Å². The fraction of sp³-hybridized carbons (Fsp3) is 0.261. The average Bonchev–Trinajstić information content (AvgIpc) is 3.53. The van der Waals surface area contributed by atoms with Crippen molar-refractivity contribution in [2.24, 2.45) is 4.99 Å². The lowest BCUT2D eigenvalue weighted by atomic mass is 10.1. The number of thiazole rings is 1. The number of aromatic nitrogens is 3. The number of H-pyrrole nitrogens is 1. The number of methoxy groups -OCH3 is 1. The zero-order valence-electron chi connectivity index (χ0n) is 17.1. The summed E-state index contributed by atoms with van der Waals surface area (Å²) in [7, 11) is 1.63. The number of ether oxygens (including phenoxy) is 2. The molecule has 4 aromatic rings. The Morgan fingerprint density at radius 2 is 2.13 bits per heavy atom. The lowest BCUT2D eigenvalue weighted by Gasteiger charge is -2.04. The smallest absolute Gasteiger partial charge is 0.282 e. The number of rotatable bonds is 6. The number of hydrogen-bond acceptors (Lipinski definition) is 6. The summed E-state index contributed by atoms with van der Waals surface area (Å²) in [5, 5.41) is 3.85. The molecule has 0 unspecified atom stereocenters. The predicted molar refractivity (Wildman–Crippen MR) is 123 cm³/mol. The predicted octanol–water partition coefficient (Wildman–Crippen LogP) is 4.05. The Morgan fingerprint density at radius 3 is 2.87 bits per heavy atom. The van der Waals surface area contributed by atoms with Gasteiger partial charge in [0.05, 0.1) is 41.2 Å². The van der Waals surface area contributed by atoms with Gasteiger partial charge in [-0.05, 0) is 49.2 Å². The highest BCUT2D eigenvalue weighted by atomic mass is 32.1. The Bertz CT molecular complexity index is 1250. The number of nitrogens with one attached hydrogen (secondary N) is 1. The molecule has 2 aromatic carbocycles. The van der Waals surface area contributed by atoms with Crippen molar-refractivity contribution >= 4 is 27.8 Å². The van der Waals surface area contributed by atoms with Crippen LogP contribution < -0.4 is 10.3 Å². The van der Waals surface area contributed by atoms with Crippen molar-refractivity contribution in [2.75, 3.05) is 20.3 Å². The summed E-state index contributed by atoms with van der Waals surface area (Å²) in [4.78, 5) is 22.5. The normalized spacial score (nSPS) is 16.5. The van der Waals surface area contributed by atoms with Crippen LogP contribution in [0.15, 0.2) is 58.3 Å². The van der Waals surface area contributed by atoms with E-state index < -0.39 is 0 Å². The van der Waals surface area contributed by atoms with Crippen LogP contribution in [-0.2, 0) is 4.74 Å². The van der Waals surface area contributed by atoms with Crippen LogP contribution in [0, 0.1) is 0 Å². The number of aliphatic imine (C=N–C) groups is 1. The second kappa shape index (κ2) is 8.49. The number of benzene rings is 2. The molecule has 3 heterocycles. The third-order valence-electron chi connectivity index (χ3n) is 5.33. The highest BCUT2D eigenvalue weighted by Crippen LogP contribution is 2.26. The standard InChI is InChI=1S/C23H22N4O3S/c1-29-16-10-8-15(9-11-16)21-18(14-24-13-17-5-4-12-30-17)22(28)27(26-21)23-25-19-6-2-3-7-20(19)31-23/h2-3,6-11,14,17,26H,4-5,12-13H2,1H3/t17-/m1/s1. The summed E-state index contributed by atoms with van der Waals surface area (Å²) >= 11 is 1.47. The second-order valence-electron chi connectivity index (χ2n) is 7.36. The van der Waals surface area contributed by atoms with E-state index in [1.165, 1.54) is 16.0 Å². The van der Waals surface area contributed by atoms with Crippen LogP contribution in [0.2, 0.25) is 0 Å². The molecule has 1 N–H and O–H groups in total. The molecule has 1 atom stereocenters. The summed E-state index contributed by atoms with van der Waals surface area (Å²) in [5.74, 6) is 0.755. The van der Waals surface area contributed by atoms with Gasteiger partial charge >= 0.3 is 0 Å². The van der Waals surface area contributed by atoms with Gasteiger partial charge in [-0.2, -0.15) is 4.68 Å². The Hall–Kier alpha value is -3.23. The molecule has 1 aliphatic heterocycles. The molecule has 8 heteroatoms. The summed E-state index contributed by atoms with van der Waals surface area (Å²) in [6.45, 7) is 1.33. The van der Waals surface area contributed by atoms with Crippen molar-refractivity contribution in [2.45, 2.75) is 18.9 Å². The van der Waals surface area contributed by atoms with E-state index in [1.807, 2.05) is 48.5 Å². The van der Waals surface area contributed by atoms with Crippen LogP contribution in [-0.4, -0.2) is 47.3 Å². The lowest BCUT2D eigenvalue weighted by Crippen LogP contribution is -2.17. The molecule has 0 amide bonds. The highest BCUT2D eigenvalue weighted by molar-refractivity contribution is 7.20. The molecule has 1 saturated heterocycles. The molecule has 1 aliphatic rings. The maximum Gasteiger partial charge on any atom is 0.282 e. The Morgan fingerprint density at radius 1 is 1.29 bits per heavy atom. The second-order valence-corrected chi connectivity index (χ2v) is 8.37. The Labute approximate surface area is 183 Å². The first kappa shape index (κ1) is 19.7. The SMILES string of the molecule is COc1ccc(-c2[nH]n(-c3nc4ccccc4s3)c(=O)c2C=NC[C@H]2CCCO2)cc1. The highest BCUT2D eigenvalue weighted by Gasteiger charge is 2.19. The van der Waals surface area contributed by atoms with E-state index in [1.54, 1.807) is 13.3 Å². The Balaban J connectivity index is 1.57. The first-order valence-corrected chi connectivity index (χ1v) is 11.0. The van der Waals surface area contributed by atoms with Gasteiger partial charge in [0, 0.05) is 18.4 Å². The first-order chi connectivity index (χ1) is 15.2. The van der Waals surface area contributed by atoms with E-state index in [-0.39, 0.29) is 11.7 Å². The third kappa shape index (κ3) is 3.92. The van der Waals surface area contributed by atoms with Crippen molar-refractivity contribution in [1.82, 2.24) is 14.8 Å². The van der Waals surface area contributed by atoms with Gasteiger partial charge in [0.25, 0.3) is 5.56 Å². The molecule has 0 bridgehead atoms. The molecule has 0 radical (unpaired) electrons. The molecule has 0 spiro atoms. The molecule has 2 aromatic heterocycles. The van der Waals surface area contributed by atoms with Crippen LogP contribution in [0.1, 0.15) is 18.4 Å². The number of hydrogen-bond donors (Lipinski definition) is 1. The number of aromatic amines is 1. The lowest BCUT2D eigenvalue weighted by molar-refractivity contribution is 0.118. The van der Waals surface area contributed by atoms with Gasteiger partial charge in [0.2, 0.25) is 5.13 Å². The molecule has 158 valence electrons. The van der Waals surface area contributed by atoms with E-state index >= 15 is 0 Å². The maximum absolute atomic E-state index is 13.3. The molecular formula is C23H22N4O3S. The zero-order valence-corrected chi connectivity index (χ0v) is 17.9. The van der Waals surface area contributed by atoms with Gasteiger partial charge < -0.3 is 9.47 Å². The largest absolute Gasteiger partial charge is 0.497 e. The van der Waals surface area contributed by atoms with Crippen LogP contribution in [0.25, 0.3) is 26.6 Å². The van der Waals surface area contributed by atoms with Crippen LogP contribution in [0.4, 0.5) is 0 Å². The topological polar surface area (TPSA) is 81.5 Å². The van der Waals surface area contributed by atoms with E-state index in [0.29, 0.717) is 22.9 Å². The van der Waals surface area contributed by atoms with Gasteiger partial charge in [-0.25, -0.2) is 4.98 Å². The van der Waals surface area contributed by atoms with Crippen LogP contribution >= 0.6 is 11.3 Å². The first-order valence-electron chi connectivity index (χ1n) is 10.2. The van der Waals surface area contributed by atoms with Crippen molar-refractivity contribution in [3.05, 3.63) is 64.4 Å². The number of nitrogens with zero attached hydrogens (tertiary/aromatic N) is 3. The van der Waals surface area contributed by atoms with Crippen molar-refractivity contribution in [1.29, 1.82) is 0 Å². The van der Waals surface area contributed by atoms with Gasteiger partial charge in [-0.1, -0.05) is 23.5 Å². The van der Waals surface area contributed by atoms with E-state index in [2.05, 4.69) is 15.1 Å². The molecule has 31 heavy (non-hydrogen) atoms. The van der Waals surface area contributed by atoms with Gasteiger partial charge in [-0.3, -0.25) is 14.9 Å². The monoisotopic (exact) mass is 434 g/mol. The molecule has 7 nitrogen and oxygen atoms in total. The molecule has 5 rings (SSSR count). The molecule has 1 fully saturated rings. The van der Waals surface area contributed by atoms with Crippen LogP contribution in [0.5, 0.6) is 5.75 Å². The van der Waals surface area contributed by atoms with Gasteiger partial charge in [-0.15, -0.1) is 0 Å². The number of fused-ring (bicyclic) bond motifs is 1. The summed E-state index contributed by atoms with van der Waals surface area (Å²) < 4.78 is 13.4. The number of para-hydroxylation sites is 1. The molecule has 0 aliphatic carbocycles. The maximum atomic E-state index is 13.3. The van der Waals surface area contributed by atoms with Gasteiger partial charge in [0.15, 0.2) is 0 Å². The minimum absolute atomic E-state index is 0.131. The van der Waals surface area contributed by atoms with Crippen molar-refractivity contribution in [3.8, 4) is 22.1 Å². The van der Waals surface area contributed by atoms with Crippen molar-refractivity contribution in [3.63, 3.8) is 0 Å². The zero-order chi connectivity index (χ0) is 21.2. The average molecular weight is 435 g/mol. The minimum Gasteiger partial charge on any atom is -0.497 e.